The quantitative estimate of drug-likeness (QED) is 0.805. The van der Waals surface area contributed by atoms with Crippen molar-refractivity contribution in [1.29, 1.82) is 0 Å². The first-order valence-corrected chi connectivity index (χ1v) is 9.14. The minimum absolute atomic E-state index is 0.0200. The van der Waals surface area contributed by atoms with Gasteiger partial charge in [-0.3, -0.25) is 4.79 Å². The molecule has 6 heteroatoms. The number of ether oxygens (including phenoxy) is 1. The fraction of sp³-hybridized carbons (Fsp3) is 0.250. The molecule has 1 aliphatic rings. The summed E-state index contributed by atoms with van der Waals surface area (Å²) in [4.78, 5) is 14.6. The third-order valence-corrected chi connectivity index (χ3v) is 4.71. The van der Waals surface area contributed by atoms with Crippen molar-refractivity contribution >= 4 is 34.7 Å². The van der Waals surface area contributed by atoms with Crippen LogP contribution in [0.3, 0.4) is 0 Å². The first-order valence-electron chi connectivity index (χ1n) is 8.39. The van der Waals surface area contributed by atoms with Crippen molar-refractivity contribution < 1.29 is 9.53 Å². The van der Waals surface area contributed by atoms with Crippen LogP contribution in [0.25, 0.3) is 5.57 Å². The third-order valence-electron chi connectivity index (χ3n) is 4.27. The zero-order valence-electron chi connectivity index (χ0n) is 14.5. The molecule has 2 aromatic carbocycles. The maximum absolute atomic E-state index is 12.8. The van der Waals surface area contributed by atoms with Gasteiger partial charge in [0.2, 0.25) is 5.91 Å². The van der Waals surface area contributed by atoms with Crippen molar-refractivity contribution in [2.45, 2.75) is 0 Å². The van der Waals surface area contributed by atoms with E-state index in [1.54, 1.807) is 19.3 Å². The first kappa shape index (κ1) is 18.8. The van der Waals surface area contributed by atoms with E-state index in [9.17, 15) is 4.79 Å². The summed E-state index contributed by atoms with van der Waals surface area (Å²) in [5.41, 5.74) is 2.48. The van der Waals surface area contributed by atoms with Crippen LogP contribution in [0.15, 0.2) is 48.5 Å². The average molecular weight is 391 g/mol. The van der Waals surface area contributed by atoms with E-state index < -0.39 is 0 Å². The second kappa shape index (κ2) is 8.58. The molecule has 1 fully saturated rings. The maximum atomic E-state index is 12.8. The van der Waals surface area contributed by atoms with Crippen LogP contribution < -0.4 is 10.1 Å². The van der Waals surface area contributed by atoms with Crippen LogP contribution in [0.2, 0.25) is 10.0 Å². The molecule has 0 radical (unpaired) electrons. The lowest BCUT2D eigenvalue weighted by Crippen LogP contribution is -2.45. The summed E-state index contributed by atoms with van der Waals surface area (Å²) in [5, 5.41) is 4.31. The van der Waals surface area contributed by atoms with Crippen molar-refractivity contribution in [3.05, 3.63) is 69.7 Å². The molecule has 1 heterocycles. The fourth-order valence-electron chi connectivity index (χ4n) is 2.91. The molecule has 0 unspecified atom stereocenters. The summed E-state index contributed by atoms with van der Waals surface area (Å²) < 4.78 is 5.23. The van der Waals surface area contributed by atoms with Crippen molar-refractivity contribution in [2.24, 2.45) is 0 Å². The highest BCUT2D eigenvalue weighted by Gasteiger charge is 2.17. The lowest BCUT2D eigenvalue weighted by molar-refractivity contribution is -0.126. The summed E-state index contributed by atoms with van der Waals surface area (Å²) in [6.07, 6.45) is 1.66. The van der Waals surface area contributed by atoms with Crippen LogP contribution in [0.1, 0.15) is 11.1 Å². The molecule has 1 amide bonds. The van der Waals surface area contributed by atoms with Gasteiger partial charge in [0.25, 0.3) is 0 Å². The highest BCUT2D eigenvalue weighted by Crippen LogP contribution is 2.30. The fourth-order valence-corrected chi connectivity index (χ4v) is 3.44. The lowest BCUT2D eigenvalue weighted by atomic mass is 9.97. The molecule has 3 rings (SSSR count). The predicted octanol–water partition coefficient (Wildman–Crippen LogP) is 3.87. The number of nitrogens with zero attached hydrogens (tertiary/aromatic N) is 1. The van der Waals surface area contributed by atoms with Gasteiger partial charge in [-0.1, -0.05) is 35.3 Å². The smallest absolute Gasteiger partial charge is 0.247 e. The van der Waals surface area contributed by atoms with Gasteiger partial charge in [-0.2, -0.15) is 0 Å². The number of rotatable bonds is 4. The monoisotopic (exact) mass is 390 g/mol. The summed E-state index contributed by atoms with van der Waals surface area (Å²) in [7, 11) is 1.62. The number of nitrogens with one attached hydrogen (secondary N) is 1. The minimum Gasteiger partial charge on any atom is -0.497 e. The molecular weight excluding hydrogens is 371 g/mol. The number of hydrogen-bond acceptors (Lipinski definition) is 3. The number of halogens is 2. The molecule has 1 aliphatic heterocycles. The number of piperazine rings is 1. The molecule has 0 bridgehead atoms. The van der Waals surface area contributed by atoms with Crippen molar-refractivity contribution in [1.82, 2.24) is 10.2 Å². The van der Waals surface area contributed by atoms with Gasteiger partial charge < -0.3 is 15.0 Å². The molecule has 0 spiro atoms. The molecule has 1 saturated heterocycles. The molecule has 0 atom stereocenters. The van der Waals surface area contributed by atoms with Crippen LogP contribution in [0, 0.1) is 0 Å². The van der Waals surface area contributed by atoms with Gasteiger partial charge in [0.05, 0.1) is 7.11 Å². The molecule has 2 aromatic rings. The molecular formula is C20H20Cl2N2O2. The Morgan fingerprint density at radius 2 is 1.65 bits per heavy atom. The van der Waals surface area contributed by atoms with E-state index in [-0.39, 0.29) is 5.91 Å². The van der Waals surface area contributed by atoms with Crippen molar-refractivity contribution in [3.8, 4) is 5.75 Å². The molecule has 26 heavy (non-hydrogen) atoms. The highest BCUT2D eigenvalue weighted by atomic mass is 35.5. The maximum Gasteiger partial charge on any atom is 0.247 e. The van der Waals surface area contributed by atoms with E-state index in [1.807, 2.05) is 41.3 Å². The van der Waals surface area contributed by atoms with Crippen LogP contribution in [0.4, 0.5) is 0 Å². The minimum atomic E-state index is -0.0200. The Hall–Kier alpha value is -2.01. The molecule has 0 saturated carbocycles. The molecule has 1 N–H and O–H groups in total. The highest BCUT2D eigenvalue weighted by molar-refractivity contribution is 6.35. The van der Waals surface area contributed by atoms with Gasteiger partial charge in [0, 0.05) is 42.3 Å². The van der Waals surface area contributed by atoms with E-state index >= 15 is 0 Å². The van der Waals surface area contributed by atoms with Gasteiger partial charge in [0.1, 0.15) is 5.75 Å². The van der Waals surface area contributed by atoms with E-state index in [4.69, 9.17) is 27.9 Å². The largest absolute Gasteiger partial charge is 0.497 e. The summed E-state index contributed by atoms with van der Waals surface area (Å²) in [6, 6.07) is 12.9. The molecule has 0 aliphatic carbocycles. The van der Waals surface area contributed by atoms with Crippen LogP contribution in [0.5, 0.6) is 5.75 Å². The summed E-state index contributed by atoms with van der Waals surface area (Å²) in [5.74, 6) is 0.735. The van der Waals surface area contributed by atoms with Crippen LogP contribution >= 0.6 is 23.2 Å². The Labute approximate surface area is 163 Å². The van der Waals surface area contributed by atoms with Gasteiger partial charge in [-0.25, -0.2) is 0 Å². The van der Waals surface area contributed by atoms with E-state index in [2.05, 4.69) is 5.32 Å². The Balaban J connectivity index is 2.02. The van der Waals surface area contributed by atoms with Crippen LogP contribution in [-0.2, 0) is 4.79 Å². The SMILES string of the molecule is COc1ccc(C(=CC(=O)N2CCNCC2)c2cc(Cl)cc(Cl)c2)cc1. The Bertz CT molecular complexity index is 793. The number of amides is 1. The molecule has 4 nitrogen and oxygen atoms in total. The Kier molecular flexibility index (Phi) is 6.20. The second-order valence-corrected chi connectivity index (χ2v) is 6.89. The van der Waals surface area contributed by atoms with Crippen molar-refractivity contribution in [2.75, 3.05) is 33.3 Å². The van der Waals surface area contributed by atoms with Gasteiger partial charge >= 0.3 is 0 Å². The molecule has 0 aromatic heterocycles. The number of benzene rings is 2. The standard InChI is InChI=1S/C20H20Cl2N2O2/c1-26-18-4-2-14(3-5-18)19(15-10-16(21)12-17(22)11-15)13-20(25)24-8-6-23-7-9-24/h2-5,10-13,23H,6-9H2,1H3. The Morgan fingerprint density at radius 1 is 1.04 bits per heavy atom. The average Bonchev–Trinajstić information content (AvgIpc) is 2.66. The number of methoxy groups -OCH3 is 1. The lowest BCUT2D eigenvalue weighted by Gasteiger charge is -2.26. The van der Waals surface area contributed by atoms with E-state index in [1.165, 1.54) is 0 Å². The van der Waals surface area contributed by atoms with Gasteiger partial charge in [-0.05, 0) is 47.0 Å². The first-order chi connectivity index (χ1) is 12.6. The van der Waals surface area contributed by atoms with Gasteiger partial charge in [0.15, 0.2) is 0 Å². The Morgan fingerprint density at radius 3 is 2.23 bits per heavy atom. The van der Waals surface area contributed by atoms with E-state index in [0.29, 0.717) is 23.1 Å². The predicted molar refractivity (Wildman–Crippen MR) is 106 cm³/mol. The normalized spacial score (nSPS) is 15.0. The summed E-state index contributed by atoms with van der Waals surface area (Å²) in [6.45, 7) is 3.00. The zero-order chi connectivity index (χ0) is 18.5. The van der Waals surface area contributed by atoms with Crippen molar-refractivity contribution in [3.63, 3.8) is 0 Å². The third kappa shape index (κ3) is 4.58. The summed E-state index contributed by atoms with van der Waals surface area (Å²) >= 11 is 12.4. The number of carbonyl (C=O) groups excluding carboxylic acids is 1. The topological polar surface area (TPSA) is 41.6 Å². The number of hydrogen-bond donors (Lipinski definition) is 1. The number of carbonyl (C=O) groups is 1. The second-order valence-electron chi connectivity index (χ2n) is 6.02. The van der Waals surface area contributed by atoms with Crippen LogP contribution in [-0.4, -0.2) is 44.1 Å². The zero-order valence-corrected chi connectivity index (χ0v) is 16.0. The van der Waals surface area contributed by atoms with E-state index in [0.717, 1.165) is 35.5 Å². The molecule has 136 valence electrons. The van der Waals surface area contributed by atoms with Gasteiger partial charge in [-0.15, -0.1) is 0 Å².